The largest absolute Gasteiger partial charge is 0.388 e. The third kappa shape index (κ3) is 4.02. The van der Waals surface area contributed by atoms with E-state index < -0.39 is 15.6 Å². The molecule has 1 aliphatic heterocycles. The molecule has 1 aliphatic rings. The highest BCUT2D eigenvalue weighted by atomic mass is 79.9. The fourth-order valence-electron chi connectivity index (χ4n) is 1.92. The van der Waals surface area contributed by atoms with E-state index in [1.165, 1.54) is 6.07 Å². The van der Waals surface area contributed by atoms with E-state index in [1.54, 1.807) is 12.1 Å². The monoisotopic (exact) mass is 427 g/mol. The van der Waals surface area contributed by atoms with Crippen LogP contribution in [0, 0.1) is 0 Å². The summed E-state index contributed by atoms with van der Waals surface area (Å²) in [5.74, 6) is 0. The number of ether oxygens (including phenoxy) is 1. The minimum absolute atomic E-state index is 0.0162. The first-order valence-corrected chi connectivity index (χ1v) is 9.14. The molecule has 1 aromatic carbocycles. The number of halogens is 2. The highest BCUT2D eigenvalue weighted by Gasteiger charge is 2.31. The summed E-state index contributed by atoms with van der Waals surface area (Å²) in [5, 5.41) is 10.3. The van der Waals surface area contributed by atoms with Crippen LogP contribution >= 0.6 is 31.9 Å². The van der Waals surface area contributed by atoms with Crippen molar-refractivity contribution in [3.63, 3.8) is 0 Å². The quantitative estimate of drug-likeness (QED) is 0.769. The lowest BCUT2D eigenvalue weighted by Gasteiger charge is -2.32. The van der Waals surface area contributed by atoms with Crippen LogP contribution in [0.5, 0.6) is 0 Å². The van der Waals surface area contributed by atoms with Gasteiger partial charge in [-0.25, -0.2) is 13.1 Å². The minimum atomic E-state index is -3.68. The molecule has 2 N–H and O–H groups in total. The summed E-state index contributed by atoms with van der Waals surface area (Å²) < 4.78 is 33.4. The van der Waals surface area contributed by atoms with Gasteiger partial charge in [-0.05, 0) is 34.1 Å². The minimum Gasteiger partial charge on any atom is -0.388 e. The van der Waals surface area contributed by atoms with E-state index in [0.717, 1.165) is 0 Å². The van der Waals surface area contributed by atoms with Gasteiger partial charge in [0.05, 0.1) is 10.5 Å². The zero-order valence-corrected chi connectivity index (χ0v) is 14.6. The van der Waals surface area contributed by atoms with Gasteiger partial charge in [-0.15, -0.1) is 0 Å². The van der Waals surface area contributed by atoms with Gasteiger partial charge in [-0.1, -0.05) is 15.9 Å². The van der Waals surface area contributed by atoms with Crippen molar-refractivity contribution >= 4 is 41.9 Å². The van der Waals surface area contributed by atoms with E-state index in [-0.39, 0.29) is 11.4 Å². The highest BCUT2D eigenvalue weighted by Crippen LogP contribution is 2.26. The number of sulfonamides is 1. The third-order valence-electron chi connectivity index (χ3n) is 3.20. The molecule has 2 rings (SSSR count). The van der Waals surface area contributed by atoms with Crippen LogP contribution < -0.4 is 4.72 Å². The van der Waals surface area contributed by atoms with E-state index >= 15 is 0 Å². The molecule has 1 heterocycles. The van der Waals surface area contributed by atoms with Gasteiger partial charge in [-0.2, -0.15) is 0 Å². The summed E-state index contributed by atoms with van der Waals surface area (Å²) in [5.41, 5.74) is -1.04. The number of hydrogen-bond acceptors (Lipinski definition) is 4. The standard InChI is InChI=1S/C12H15Br2NO4S/c13-9-1-2-10(14)11(7-9)20(17,18)15-8-12(16)3-5-19-6-4-12/h1-2,7,15-16H,3-6,8H2. The lowest BCUT2D eigenvalue weighted by Crippen LogP contribution is -2.46. The predicted molar refractivity (Wildman–Crippen MR) is 82.0 cm³/mol. The number of nitrogens with one attached hydrogen (secondary N) is 1. The zero-order chi connectivity index (χ0) is 14.8. The average molecular weight is 429 g/mol. The summed E-state index contributed by atoms with van der Waals surface area (Å²) >= 11 is 6.47. The van der Waals surface area contributed by atoms with Gasteiger partial charge in [0.1, 0.15) is 0 Å². The van der Waals surface area contributed by atoms with Crippen molar-refractivity contribution in [1.82, 2.24) is 4.72 Å². The average Bonchev–Trinajstić information content (AvgIpc) is 2.40. The van der Waals surface area contributed by atoms with Crippen LogP contribution in [-0.2, 0) is 14.8 Å². The van der Waals surface area contributed by atoms with Crippen molar-refractivity contribution in [3.8, 4) is 0 Å². The Morgan fingerprint density at radius 2 is 1.95 bits per heavy atom. The zero-order valence-electron chi connectivity index (χ0n) is 10.6. The molecule has 0 aromatic heterocycles. The van der Waals surface area contributed by atoms with Crippen LogP contribution in [0.3, 0.4) is 0 Å². The fourth-order valence-corrected chi connectivity index (χ4v) is 4.54. The van der Waals surface area contributed by atoms with Gasteiger partial charge in [0, 0.05) is 41.5 Å². The van der Waals surface area contributed by atoms with E-state index in [2.05, 4.69) is 36.6 Å². The highest BCUT2D eigenvalue weighted by molar-refractivity contribution is 9.11. The van der Waals surface area contributed by atoms with Gasteiger partial charge in [0.2, 0.25) is 10.0 Å². The second-order valence-corrected chi connectivity index (χ2v) is 8.24. The predicted octanol–water partition coefficient (Wildman–Crippen LogP) is 2.03. The van der Waals surface area contributed by atoms with Crippen LogP contribution in [0.2, 0.25) is 0 Å². The van der Waals surface area contributed by atoms with E-state index in [9.17, 15) is 13.5 Å². The maximum absolute atomic E-state index is 12.3. The molecule has 0 unspecified atom stereocenters. The molecule has 1 fully saturated rings. The third-order valence-corrected chi connectivity index (χ3v) is 6.09. The topological polar surface area (TPSA) is 75.6 Å². The smallest absolute Gasteiger partial charge is 0.241 e. The Labute approximate surface area is 135 Å². The molecule has 1 saturated heterocycles. The molecular weight excluding hydrogens is 414 g/mol. The van der Waals surface area contributed by atoms with Crippen molar-refractivity contribution < 1.29 is 18.3 Å². The fraction of sp³-hybridized carbons (Fsp3) is 0.500. The Morgan fingerprint density at radius 1 is 1.30 bits per heavy atom. The number of aliphatic hydroxyl groups is 1. The van der Waals surface area contributed by atoms with Crippen LogP contribution in [0.25, 0.3) is 0 Å². The van der Waals surface area contributed by atoms with Crippen LogP contribution in [0.1, 0.15) is 12.8 Å². The first-order valence-electron chi connectivity index (χ1n) is 6.07. The molecule has 112 valence electrons. The Hall–Kier alpha value is 0.01000. The van der Waals surface area contributed by atoms with Crippen molar-refractivity contribution in [1.29, 1.82) is 0 Å². The molecule has 5 nitrogen and oxygen atoms in total. The van der Waals surface area contributed by atoms with Gasteiger partial charge in [-0.3, -0.25) is 0 Å². The van der Waals surface area contributed by atoms with Crippen molar-refractivity contribution in [3.05, 3.63) is 27.1 Å². The molecule has 0 aliphatic carbocycles. The molecule has 0 bridgehead atoms. The second-order valence-electron chi connectivity index (χ2n) is 4.74. The van der Waals surface area contributed by atoms with Crippen molar-refractivity contribution in [2.45, 2.75) is 23.3 Å². The molecular formula is C12H15Br2NO4S. The molecule has 0 saturated carbocycles. The summed E-state index contributed by atoms with van der Waals surface area (Å²) in [6.07, 6.45) is 0.852. The molecule has 0 spiro atoms. The van der Waals surface area contributed by atoms with E-state index in [4.69, 9.17) is 4.74 Å². The van der Waals surface area contributed by atoms with Crippen molar-refractivity contribution in [2.75, 3.05) is 19.8 Å². The summed E-state index contributed by atoms with van der Waals surface area (Å²) in [7, 11) is -3.68. The van der Waals surface area contributed by atoms with Crippen LogP contribution in [0.15, 0.2) is 32.0 Å². The van der Waals surface area contributed by atoms with Crippen molar-refractivity contribution in [2.24, 2.45) is 0 Å². The Kier molecular flexibility index (Phi) is 5.25. The summed E-state index contributed by atoms with van der Waals surface area (Å²) in [4.78, 5) is 0.141. The molecule has 0 radical (unpaired) electrons. The van der Waals surface area contributed by atoms with Gasteiger partial charge in [0.25, 0.3) is 0 Å². The number of hydrogen-bond donors (Lipinski definition) is 2. The Balaban J connectivity index is 2.13. The van der Waals surface area contributed by atoms with E-state index in [0.29, 0.717) is 35.0 Å². The van der Waals surface area contributed by atoms with Gasteiger partial charge in [0.15, 0.2) is 0 Å². The maximum Gasteiger partial charge on any atom is 0.241 e. The van der Waals surface area contributed by atoms with Crippen LogP contribution in [0.4, 0.5) is 0 Å². The number of rotatable bonds is 4. The molecule has 0 atom stereocenters. The van der Waals surface area contributed by atoms with Gasteiger partial charge < -0.3 is 9.84 Å². The molecule has 20 heavy (non-hydrogen) atoms. The van der Waals surface area contributed by atoms with Gasteiger partial charge >= 0.3 is 0 Å². The first kappa shape index (κ1) is 16.4. The molecule has 1 aromatic rings. The normalized spacial score (nSPS) is 18.9. The lowest BCUT2D eigenvalue weighted by molar-refractivity contribution is -0.0588. The maximum atomic E-state index is 12.3. The molecule has 8 heteroatoms. The SMILES string of the molecule is O=S(=O)(NCC1(O)CCOCC1)c1cc(Br)ccc1Br. The van der Waals surface area contributed by atoms with Crippen LogP contribution in [-0.4, -0.2) is 38.9 Å². The summed E-state index contributed by atoms with van der Waals surface area (Å²) in [6, 6.07) is 4.91. The lowest BCUT2D eigenvalue weighted by atomic mass is 9.95. The number of benzene rings is 1. The molecule has 0 amide bonds. The van der Waals surface area contributed by atoms with E-state index in [1.807, 2.05) is 0 Å². The second kappa shape index (κ2) is 6.41. The Bertz CT molecular complexity index is 585. The Morgan fingerprint density at radius 3 is 2.60 bits per heavy atom. The first-order chi connectivity index (χ1) is 9.32. The summed E-state index contributed by atoms with van der Waals surface area (Å²) in [6.45, 7) is 0.870.